The minimum absolute atomic E-state index is 0.0411. The number of nitrogens with zero attached hydrogens (tertiary/aromatic N) is 6. The van der Waals surface area contributed by atoms with E-state index in [1.807, 2.05) is 11.6 Å². The topological polar surface area (TPSA) is 153 Å². The van der Waals surface area contributed by atoms with Crippen molar-refractivity contribution in [1.29, 1.82) is 0 Å². The van der Waals surface area contributed by atoms with Crippen LogP contribution in [-0.4, -0.2) is 109 Å². The van der Waals surface area contributed by atoms with Gasteiger partial charge in [0.1, 0.15) is 4.90 Å². The lowest BCUT2D eigenvalue weighted by Crippen LogP contribution is -2.45. The lowest BCUT2D eigenvalue weighted by molar-refractivity contribution is -0.130. The lowest BCUT2D eigenvalue weighted by Gasteiger charge is -2.36. The van der Waals surface area contributed by atoms with E-state index in [-0.39, 0.29) is 40.2 Å². The first-order chi connectivity index (χ1) is 24.3. The monoisotopic (exact) mass is 760 g/mol. The number of carbonyl (C=O) groups excluding carboxylic acids is 1. The number of carboxylic acid groups (broad SMARTS) is 1. The number of piperidine rings is 1. The van der Waals surface area contributed by atoms with Crippen molar-refractivity contribution in [2.45, 2.75) is 75.9 Å². The number of fused-ring (bicyclic) bond motifs is 1. The molecule has 0 unspecified atom stereocenters. The fourth-order valence-electron chi connectivity index (χ4n) is 7.53. The first-order valence-corrected chi connectivity index (χ1v) is 21.2. The first-order valence-electron chi connectivity index (χ1n) is 17.5. The number of carbonyl (C=O) groups is 2. The minimum atomic E-state index is -4.36. The van der Waals surface area contributed by atoms with E-state index in [4.69, 9.17) is 16.7 Å². The third kappa shape index (κ3) is 7.82. The number of anilines is 1. The van der Waals surface area contributed by atoms with E-state index < -0.39 is 26.0 Å². The highest BCUT2D eigenvalue weighted by Crippen LogP contribution is 2.38. The number of hydrogen-bond donors (Lipinski definition) is 1. The van der Waals surface area contributed by atoms with Gasteiger partial charge in [-0.2, -0.15) is 9.40 Å². The van der Waals surface area contributed by atoms with Gasteiger partial charge in [-0.25, -0.2) is 21.6 Å². The molecule has 3 aromatic rings. The van der Waals surface area contributed by atoms with Crippen molar-refractivity contribution in [1.82, 2.24) is 23.9 Å². The highest BCUT2D eigenvalue weighted by Gasteiger charge is 2.34. The van der Waals surface area contributed by atoms with E-state index in [1.165, 1.54) is 34.8 Å². The highest BCUT2D eigenvalue weighted by atomic mass is 35.5. The number of benzene rings is 2. The minimum Gasteiger partial charge on any atom is -0.478 e. The van der Waals surface area contributed by atoms with Crippen LogP contribution in [0.1, 0.15) is 67.1 Å². The van der Waals surface area contributed by atoms with Crippen molar-refractivity contribution in [3.05, 3.63) is 64.3 Å². The summed E-state index contributed by atoms with van der Waals surface area (Å²) in [5, 5.41) is 14.9. The van der Waals surface area contributed by atoms with Crippen molar-refractivity contribution in [3.63, 3.8) is 0 Å². The van der Waals surface area contributed by atoms with Gasteiger partial charge < -0.3 is 14.9 Å². The third-order valence-corrected chi connectivity index (χ3v) is 13.6. The van der Waals surface area contributed by atoms with Crippen LogP contribution in [0.5, 0.6) is 0 Å². The molecule has 0 radical (unpaired) electrons. The van der Waals surface area contributed by atoms with Crippen LogP contribution >= 0.6 is 11.6 Å². The molecule has 0 bridgehead atoms. The number of halogens is 1. The lowest BCUT2D eigenvalue weighted by atomic mass is 10.0. The highest BCUT2D eigenvalue weighted by molar-refractivity contribution is 7.93. The van der Waals surface area contributed by atoms with Crippen molar-refractivity contribution in [2.24, 2.45) is 0 Å². The van der Waals surface area contributed by atoms with Gasteiger partial charge in [0.25, 0.3) is 10.0 Å². The van der Waals surface area contributed by atoms with E-state index in [9.17, 15) is 31.5 Å². The Bertz CT molecular complexity index is 2010. The van der Waals surface area contributed by atoms with Crippen molar-refractivity contribution in [3.8, 4) is 11.3 Å². The second-order valence-electron chi connectivity index (χ2n) is 13.5. The van der Waals surface area contributed by atoms with Crippen LogP contribution in [0.15, 0.2) is 47.4 Å². The van der Waals surface area contributed by atoms with Crippen LogP contribution in [0.3, 0.4) is 0 Å². The summed E-state index contributed by atoms with van der Waals surface area (Å²) >= 11 is 6.68. The molecule has 1 aromatic heterocycles. The Morgan fingerprint density at radius 2 is 1.76 bits per heavy atom. The largest absolute Gasteiger partial charge is 0.478 e. The maximum absolute atomic E-state index is 14.1. The third-order valence-electron chi connectivity index (χ3n) is 10.1. The molecule has 2 aromatic carbocycles. The Hall–Kier alpha value is -3.50. The summed E-state index contributed by atoms with van der Waals surface area (Å²) in [6.07, 6.45) is 6.48. The number of sulfonamides is 2. The summed E-state index contributed by atoms with van der Waals surface area (Å²) in [6, 6.07) is 10.8. The number of likely N-dealkylation sites (tertiary alicyclic amines) is 2. The Balaban J connectivity index is 1.28. The molecule has 1 amide bonds. The molecule has 16 heteroatoms. The van der Waals surface area contributed by atoms with E-state index in [1.54, 1.807) is 18.2 Å². The predicted octanol–water partition coefficient (Wildman–Crippen LogP) is 4.30. The number of aryl methyl sites for hydroxylation is 1. The quantitative estimate of drug-likeness (QED) is 0.269. The molecule has 13 nitrogen and oxygen atoms in total. The fourth-order valence-corrected chi connectivity index (χ4v) is 10.3. The second-order valence-corrected chi connectivity index (χ2v) is 17.7. The number of carboxylic acids is 1. The molecule has 0 aliphatic carbocycles. The average Bonchev–Trinajstić information content (AvgIpc) is 3.70. The molecule has 0 atom stereocenters. The zero-order chi connectivity index (χ0) is 36.5. The second kappa shape index (κ2) is 15.2. The zero-order valence-corrected chi connectivity index (χ0v) is 31.4. The van der Waals surface area contributed by atoms with Crippen LogP contribution in [0.2, 0.25) is 5.02 Å². The van der Waals surface area contributed by atoms with Crippen LogP contribution in [0.4, 0.5) is 5.69 Å². The molecule has 2 fully saturated rings. The predicted molar refractivity (Wildman–Crippen MR) is 195 cm³/mol. The molecular weight excluding hydrogens is 716 g/mol. The first kappa shape index (κ1) is 37.3. The summed E-state index contributed by atoms with van der Waals surface area (Å²) in [5.74, 6) is -1.08. The molecule has 0 saturated carbocycles. The van der Waals surface area contributed by atoms with E-state index in [0.717, 1.165) is 67.4 Å². The number of rotatable bonds is 13. The Morgan fingerprint density at radius 3 is 2.43 bits per heavy atom. The van der Waals surface area contributed by atoms with Crippen molar-refractivity contribution >= 4 is 49.2 Å². The van der Waals surface area contributed by atoms with Gasteiger partial charge in [0.15, 0.2) is 0 Å². The molecule has 4 heterocycles. The van der Waals surface area contributed by atoms with Gasteiger partial charge in [0.05, 0.1) is 28.2 Å². The zero-order valence-electron chi connectivity index (χ0n) is 29.0. The van der Waals surface area contributed by atoms with Gasteiger partial charge in [0.2, 0.25) is 15.9 Å². The van der Waals surface area contributed by atoms with Crippen molar-refractivity contribution in [2.75, 3.05) is 49.8 Å². The molecule has 6 rings (SSSR count). The van der Waals surface area contributed by atoms with Gasteiger partial charge in [-0.15, -0.1) is 0 Å². The van der Waals surface area contributed by atoms with Gasteiger partial charge in [0, 0.05) is 81.5 Å². The maximum atomic E-state index is 14.1. The number of hydrogen-bond acceptors (Lipinski definition) is 8. The van der Waals surface area contributed by atoms with E-state index in [0.29, 0.717) is 49.7 Å². The molecule has 51 heavy (non-hydrogen) atoms. The number of amides is 1. The molecule has 276 valence electrons. The van der Waals surface area contributed by atoms with Gasteiger partial charge in [-0.05, 0) is 62.9 Å². The summed E-state index contributed by atoms with van der Waals surface area (Å²) in [7, 11) is -7.85. The molecule has 2 saturated heterocycles. The van der Waals surface area contributed by atoms with E-state index >= 15 is 0 Å². The van der Waals surface area contributed by atoms with Gasteiger partial charge in [-0.1, -0.05) is 36.7 Å². The van der Waals surface area contributed by atoms with Crippen LogP contribution in [0, 0.1) is 0 Å². The molecule has 3 aliphatic heterocycles. The molecule has 3 aliphatic rings. The van der Waals surface area contributed by atoms with Gasteiger partial charge >= 0.3 is 5.97 Å². The number of aromatic carboxylic acids is 1. The van der Waals surface area contributed by atoms with Crippen LogP contribution in [0.25, 0.3) is 11.3 Å². The summed E-state index contributed by atoms with van der Waals surface area (Å²) < 4.78 is 58.0. The summed E-state index contributed by atoms with van der Waals surface area (Å²) in [4.78, 5) is 28.4. The Morgan fingerprint density at radius 1 is 1.02 bits per heavy atom. The Kier molecular flexibility index (Phi) is 11.1. The SMILES string of the molecule is CCCN(c1cc(-c2nn(CCCN3CCC(N4CCCC4=O)CC3)c3c2CN(S(C)(=O)=O)CC3)ccc1Cl)S(=O)(=O)c1ccccc1C(=O)O. The van der Waals surface area contributed by atoms with E-state index in [2.05, 4.69) is 9.80 Å². The maximum Gasteiger partial charge on any atom is 0.337 e. The normalized spacial score (nSPS) is 17.9. The molecule has 0 spiro atoms. The van der Waals surface area contributed by atoms with Crippen LogP contribution in [-0.2, 0) is 44.4 Å². The summed E-state index contributed by atoms with van der Waals surface area (Å²) in [5.41, 5.74) is 2.66. The standard InChI is InChI=1S/C35H45ClN6O7S2/c1-3-16-42(51(48,49)32-9-5-4-8-27(32)35(44)45)31-23-25(11-12-29(31)36)34-28-24-39(50(2,46)47)22-15-30(28)41(37-34)19-7-17-38-20-13-26(14-21-38)40-18-6-10-33(40)43/h4-5,8-9,11-12,23,26H,3,6-7,10,13-22,24H2,1-2H3,(H,44,45). The van der Waals surface area contributed by atoms with Crippen LogP contribution < -0.4 is 4.31 Å². The molecule has 1 N–H and O–H groups in total. The number of aromatic nitrogens is 2. The van der Waals surface area contributed by atoms with Crippen molar-refractivity contribution < 1.29 is 31.5 Å². The van der Waals surface area contributed by atoms with Gasteiger partial charge in [-0.3, -0.25) is 13.8 Å². The smallest absolute Gasteiger partial charge is 0.337 e. The fraction of sp³-hybridized carbons (Fsp3) is 0.514. The molecular formula is C35H45ClN6O7S2. The Labute approximate surface area is 304 Å². The average molecular weight is 761 g/mol. The summed E-state index contributed by atoms with van der Waals surface area (Å²) in [6.45, 7) is 6.54.